The molecule has 2 atom stereocenters. The van der Waals surface area contributed by atoms with Gasteiger partial charge in [0.25, 0.3) is 0 Å². The maximum absolute atomic E-state index is 12.9. The van der Waals surface area contributed by atoms with Crippen LogP contribution in [0.1, 0.15) is 37.7 Å². The van der Waals surface area contributed by atoms with Gasteiger partial charge in [0.2, 0.25) is 5.91 Å². The van der Waals surface area contributed by atoms with Gasteiger partial charge in [-0.05, 0) is 55.8 Å². The van der Waals surface area contributed by atoms with E-state index in [0.717, 1.165) is 71.1 Å². The number of piperazine rings is 1. The molecule has 1 amide bonds. The minimum Gasteiger partial charge on any atom is -0.495 e. The number of carbonyl (C=O) groups excluding carboxylic acids is 1. The van der Waals surface area contributed by atoms with Crippen LogP contribution in [0.3, 0.4) is 0 Å². The van der Waals surface area contributed by atoms with Crippen molar-refractivity contribution in [3.63, 3.8) is 0 Å². The summed E-state index contributed by atoms with van der Waals surface area (Å²) in [7, 11) is 1.76. The molecular formula is C30H42N4O2. The molecule has 0 aliphatic carbocycles. The number of nitrogens with zero attached hydrogens (tertiary/aromatic N) is 4. The third-order valence-electron chi connectivity index (χ3n) is 8.42. The van der Waals surface area contributed by atoms with Gasteiger partial charge in [-0.2, -0.15) is 0 Å². The molecule has 2 aromatic carbocycles. The highest BCUT2D eigenvalue weighted by atomic mass is 16.5. The van der Waals surface area contributed by atoms with E-state index in [0.29, 0.717) is 24.3 Å². The quantitative estimate of drug-likeness (QED) is 0.557. The van der Waals surface area contributed by atoms with Crippen LogP contribution < -0.4 is 9.64 Å². The van der Waals surface area contributed by atoms with Crippen molar-refractivity contribution in [3.8, 4) is 5.75 Å². The zero-order valence-electron chi connectivity index (χ0n) is 21.9. The first-order valence-electron chi connectivity index (χ1n) is 13.9. The maximum atomic E-state index is 12.9. The minimum atomic E-state index is 0.368. The molecule has 6 nitrogen and oxygen atoms in total. The molecule has 2 aromatic rings. The van der Waals surface area contributed by atoms with E-state index in [1.54, 1.807) is 7.11 Å². The molecule has 3 fully saturated rings. The van der Waals surface area contributed by atoms with Gasteiger partial charge >= 0.3 is 0 Å². The van der Waals surface area contributed by atoms with Gasteiger partial charge in [0.1, 0.15) is 5.75 Å². The molecule has 0 aromatic heterocycles. The van der Waals surface area contributed by atoms with Crippen LogP contribution in [-0.2, 0) is 11.3 Å². The number of rotatable bonds is 8. The Balaban J connectivity index is 1.22. The van der Waals surface area contributed by atoms with Gasteiger partial charge in [-0.3, -0.25) is 14.6 Å². The first-order chi connectivity index (χ1) is 17.7. The van der Waals surface area contributed by atoms with Crippen molar-refractivity contribution in [2.24, 2.45) is 5.92 Å². The zero-order valence-corrected chi connectivity index (χ0v) is 21.9. The molecule has 36 heavy (non-hydrogen) atoms. The van der Waals surface area contributed by atoms with E-state index in [9.17, 15) is 4.79 Å². The Hall–Kier alpha value is -2.57. The minimum absolute atomic E-state index is 0.368. The van der Waals surface area contributed by atoms with Gasteiger partial charge in [0, 0.05) is 64.8 Å². The number of ether oxygens (including phenoxy) is 1. The lowest BCUT2D eigenvalue weighted by Gasteiger charge is -2.47. The Morgan fingerprint density at radius 2 is 1.61 bits per heavy atom. The standard InChI is InChI=1S/C30H42N4O2/c1-36-29-12-6-5-11-28(29)33-21-19-32(20-22-33)27-15-18-31(23-25-9-3-2-4-10-25)24-26(27)13-14-30(35)34-16-7-8-17-34/h2-6,9-12,26-27H,7-8,13-24H2,1H3/t26-,27+/m0/s1. The Kier molecular flexibility index (Phi) is 8.44. The number of para-hydroxylation sites is 2. The van der Waals surface area contributed by atoms with Crippen LogP contribution in [0.4, 0.5) is 5.69 Å². The number of amides is 1. The lowest BCUT2D eigenvalue weighted by molar-refractivity contribution is -0.130. The van der Waals surface area contributed by atoms with E-state index in [1.165, 1.54) is 30.5 Å². The molecule has 0 N–H and O–H groups in total. The molecule has 0 spiro atoms. The topological polar surface area (TPSA) is 39.3 Å². The summed E-state index contributed by atoms with van der Waals surface area (Å²) in [5.41, 5.74) is 2.58. The smallest absolute Gasteiger partial charge is 0.222 e. The van der Waals surface area contributed by atoms with E-state index >= 15 is 0 Å². The predicted octanol–water partition coefficient (Wildman–Crippen LogP) is 4.11. The maximum Gasteiger partial charge on any atom is 0.222 e. The third-order valence-corrected chi connectivity index (χ3v) is 8.42. The van der Waals surface area contributed by atoms with Gasteiger partial charge in [-0.25, -0.2) is 0 Å². The molecule has 0 unspecified atom stereocenters. The number of hydrogen-bond acceptors (Lipinski definition) is 5. The van der Waals surface area contributed by atoms with Crippen molar-refractivity contribution in [2.45, 2.75) is 44.7 Å². The molecule has 3 saturated heterocycles. The molecule has 0 bridgehead atoms. The summed E-state index contributed by atoms with van der Waals surface area (Å²) >= 11 is 0. The van der Waals surface area contributed by atoms with E-state index in [1.807, 2.05) is 6.07 Å². The first-order valence-corrected chi connectivity index (χ1v) is 13.9. The Morgan fingerprint density at radius 3 is 2.36 bits per heavy atom. The van der Waals surface area contributed by atoms with Crippen LogP contribution in [0.15, 0.2) is 54.6 Å². The van der Waals surface area contributed by atoms with E-state index in [2.05, 4.69) is 68.1 Å². The summed E-state index contributed by atoms with van der Waals surface area (Å²) in [5, 5.41) is 0. The van der Waals surface area contributed by atoms with Crippen LogP contribution in [-0.4, -0.2) is 86.1 Å². The largest absolute Gasteiger partial charge is 0.495 e. The van der Waals surface area contributed by atoms with Crippen molar-refractivity contribution in [2.75, 3.05) is 64.4 Å². The van der Waals surface area contributed by atoms with E-state index < -0.39 is 0 Å². The molecule has 3 aliphatic heterocycles. The summed E-state index contributed by atoms with van der Waals surface area (Å²) < 4.78 is 5.62. The second-order valence-electron chi connectivity index (χ2n) is 10.7. The Labute approximate surface area is 216 Å². The molecule has 0 radical (unpaired) electrons. The van der Waals surface area contributed by atoms with Gasteiger partial charge in [-0.1, -0.05) is 42.5 Å². The molecule has 194 valence electrons. The molecule has 3 aliphatic rings. The fourth-order valence-electron chi connectivity index (χ4n) is 6.46. The SMILES string of the molecule is COc1ccccc1N1CCN([C@@H]2CCN(Cc3ccccc3)C[C@@H]2CCC(=O)N2CCCC2)CC1. The summed E-state index contributed by atoms with van der Waals surface area (Å²) in [5.74, 6) is 1.86. The van der Waals surface area contributed by atoms with Crippen LogP contribution >= 0.6 is 0 Å². The number of piperidine rings is 1. The number of benzene rings is 2. The summed E-state index contributed by atoms with van der Waals surface area (Å²) in [6.07, 6.45) is 5.21. The number of carbonyl (C=O) groups is 1. The average Bonchev–Trinajstić information content (AvgIpc) is 3.48. The summed E-state index contributed by atoms with van der Waals surface area (Å²) in [6.45, 7) is 9.30. The highest BCUT2D eigenvalue weighted by Gasteiger charge is 2.35. The van der Waals surface area contributed by atoms with Crippen LogP contribution in [0.25, 0.3) is 0 Å². The molecule has 5 rings (SSSR count). The number of likely N-dealkylation sites (tertiary alicyclic amines) is 2. The molecular weight excluding hydrogens is 448 g/mol. The van der Waals surface area contributed by atoms with Crippen molar-refractivity contribution >= 4 is 11.6 Å². The fourth-order valence-corrected chi connectivity index (χ4v) is 6.46. The van der Waals surface area contributed by atoms with Gasteiger partial charge in [0.15, 0.2) is 0 Å². The van der Waals surface area contributed by atoms with Crippen LogP contribution in [0, 0.1) is 5.92 Å². The van der Waals surface area contributed by atoms with Crippen molar-refractivity contribution in [1.82, 2.24) is 14.7 Å². The van der Waals surface area contributed by atoms with Crippen molar-refractivity contribution in [3.05, 3.63) is 60.2 Å². The first kappa shape index (κ1) is 25.1. The van der Waals surface area contributed by atoms with Crippen LogP contribution in [0.5, 0.6) is 5.75 Å². The van der Waals surface area contributed by atoms with Crippen LogP contribution in [0.2, 0.25) is 0 Å². The van der Waals surface area contributed by atoms with Gasteiger partial charge < -0.3 is 14.5 Å². The predicted molar refractivity (Wildman–Crippen MR) is 145 cm³/mol. The molecule has 6 heteroatoms. The average molecular weight is 491 g/mol. The number of methoxy groups -OCH3 is 1. The lowest BCUT2D eigenvalue weighted by Crippen LogP contribution is -2.56. The lowest BCUT2D eigenvalue weighted by atomic mass is 9.86. The highest BCUT2D eigenvalue weighted by molar-refractivity contribution is 5.76. The normalized spacial score (nSPS) is 23.7. The molecule has 0 saturated carbocycles. The number of anilines is 1. The fraction of sp³-hybridized carbons (Fsp3) is 0.567. The third kappa shape index (κ3) is 6.04. The monoisotopic (exact) mass is 490 g/mol. The zero-order chi connectivity index (χ0) is 24.7. The van der Waals surface area contributed by atoms with Crippen molar-refractivity contribution in [1.29, 1.82) is 0 Å². The Morgan fingerprint density at radius 1 is 0.889 bits per heavy atom. The Bertz CT molecular complexity index is 970. The summed E-state index contributed by atoms with van der Waals surface area (Å²) in [6, 6.07) is 19.7. The van der Waals surface area contributed by atoms with E-state index in [-0.39, 0.29) is 0 Å². The summed E-state index contributed by atoms with van der Waals surface area (Å²) in [4.78, 5) is 22.8. The van der Waals surface area contributed by atoms with Gasteiger partial charge in [0.05, 0.1) is 12.8 Å². The highest BCUT2D eigenvalue weighted by Crippen LogP contribution is 2.32. The van der Waals surface area contributed by atoms with E-state index in [4.69, 9.17) is 4.74 Å². The van der Waals surface area contributed by atoms with Crippen molar-refractivity contribution < 1.29 is 9.53 Å². The molecule has 3 heterocycles. The second kappa shape index (κ2) is 12.1. The van der Waals surface area contributed by atoms with Gasteiger partial charge in [-0.15, -0.1) is 0 Å². The second-order valence-corrected chi connectivity index (χ2v) is 10.7. The number of hydrogen-bond donors (Lipinski definition) is 0.